The van der Waals surface area contributed by atoms with Gasteiger partial charge in [0.15, 0.2) is 0 Å². The second kappa shape index (κ2) is 5.58. The fourth-order valence-electron chi connectivity index (χ4n) is 0.978. The number of hydrogen-bond acceptors (Lipinski definition) is 6. The Bertz CT molecular complexity index is 422. The van der Waals surface area contributed by atoms with Crippen LogP contribution >= 0.6 is 0 Å². The van der Waals surface area contributed by atoms with E-state index in [9.17, 15) is 0 Å². The van der Waals surface area contributed by atoms with Gasteiger partial charge in [0.05, 0.1) is 11.8 Å². The average molecular weight is 219 g/mol. The number of ether oxygens (including phenoxy) is 1. The standard InChI is InChI=1S/C10H13N5O/c1-15(13)3-2-4-16-9-5-8(6-11)10(12)14-7-9/h2-3,5,7H,4,13H2,1H3,(H2,12,14)/b3-2-. The van der Waals surface area contributed by atoms with Gasteiger partial charge in [-0.1, -0.05) is 0 Å². The number of nitrogen functional groups attached to an aromatic ring is 1. The third-order valence-corrected chi connectivity index (χ3v) is 1.70. The van der Waals surface area contributed by atoms with Crippen LogP contribution in [-0.4, -0.2) is 23.6 Å². The Kier molecular flexibility index (Phi) is 4.12. The second-order valence-electron chi connectivity index (χ2n) is 3.08. The molecule has 16 heavy (non-hydrogen) atoms. The first-order valence-electron chi connectivity index (χ1n) is 4.56. The Hall–Kier alpha value is -2.26. The maximum atomic E-state index is 8.72. The Balaban J connectivity index is 2.59. The fraction of sp³-hybridized carbons (Fsp3) is 0.200. The topological polar surface area (TPSA) is 101 Å². The van der Waals surface area contributed by atoms with E-state index in [2.05, 4.69) is 4.98 Å². The smallest absolute Gasteiger partial charge is 0.141 e. The van der Waals surface area contributed by atoms with E-state index in [-0.39, 0.29) is 5.82 Å². The van der Waals surface area contributed by atoms with Crippen molar-refractivity contribution in [3.63, 3.8) is 0 Å². The highest BCUT2D eigenvalue weighted by Gasteiger charge is 2.01. The van der Waals surface area contributed by atoms with E-state index in [0.29, 0.717) is 17.9 Å². The van der Waals surface area contributed by atoms with Gasteiger partial charge in [-0.3, -0.25) is 0 Å². The molecular formula is C10H13N5O. The number of nitrogens with two attached hydrogens (primary N) is 2. The first-order valence-corrected chi connectivity index (χ1v) is 4.56. The molecule has 0 radical (unpaired) electrons. The van der Waals surface area contributed by atoms with Crippen molar-refractivity contribution in [2.24, 2.45) is 5.84 Å². The minimum Gasteiger partial charge on any atom is -0.488 e. The highest BCUT2D eigenvalue weighted by Crippen LogP contribution is 2.15. The summed E-state index contributed by atoms with van der Waals surface area (Å²) in [6.45, 7) is 0.345. The molecule has 0 saturated carbocycles. The Morgan fingerprint density at radius 3 is 3.06 bits per heavy atom. The SMILES string of the molecule is CN(N)/C=C\COc1cnc(N)c(C#N)c1. The number of anilines is 1. The normalized spacial score (nSPS) is 10.1. The highest BCUT2D eigenvalue weighted by atomic mass is 16.5. The lowest BCUT2D eigenvalue weighted by atomic mass is 10.3. The molecule has 4 N–H and O–H groups in total. The Morgan fingerprint density at radius 1 is 1.69 bits per heavy atom. The second-order valence-corrected chi connectivity index (χ2v) is 3.08. The molecule has 0 aliphatic carbocycles. The molecule has 6 heteroatoms. The summed E-state index contributed by atoms with van der Waals surface area (Å²) in [4.78, 5) is 3.83. The molecule has 6 nitrogen and oxygen atoms in total. The maximum Gasteiger partial charge on any atom is 0.141 e. The lowest BCUT2D eigenvalue weighted by Gasteiger charge is -2.05. The van der Waals surface area contributed by atoms with Crippen molar-refractivity contribution in [2.75, 3.05) is 19.4 Å². The van der Waals surface area contributed by atoms with E-state index in [1.54, 1.807) is 25.4 Å². The average Bonchev–Trinajstić information content (AvgIpc) is 2.26. The summed E-state index contributed by atoms with van der Waals surface area (Å²) >= 11 is 0. The molecule has 0 aromatic carbocycles. The Labute approximate surface area is 93.7 Å². The summed E-state index contributed by atoms with van der Waals surface area (Å²) in [6, 6.07) is 3.47. The lowest BCUT2D eigenvalue weighted by molar-refractivity contribution is 0.357. The van der Waals surface area contributed by atoms with Crippen molar-refractivity contribution >= 4 is 5.82 Å². The minimum atomic E-state index is 0.201. The van der Waals surface area contributed by atoms with E-state index >= 15 is 0 Å². The van der Waals surface area contributed by atoms with Crippen LogP contribution in [-0.2, 0) is 0 Å². The highest BCUT2D eigenvalue weighted by molar-refractivity contribution is 5.50. The molecule has 0 fully saturated rings. The summed E-state index contributed by atoms with van der Waals surface area (Å²) in [5, 5.41) is 10.1. The van der Waals surface area contributed by atoms with Crippen molar-refractivity contribution in [1.29, 1.82) is 5.26 Å². The number of pyridine rings is 1. The predicted molar refractivity (Wildman–Crippen MR) is 59.9 cm³/mol. The molecule has 1 aromatic heterocycles. The van der Waals surface area contributed by atoms with Crippen LogP contribution in [0, 0.1) is 11.3 Å². The maximum absolute atomic E-state index is 8.72. The van der Waals surface area contributed by atoms with Crippen LogP contribution in [0.4, 0.5) is 5.82 Å². The molecule has 0 saturated heterocycles. The zero-order valence-electron chi connectivity index (χ0n) is 8.92. The van der Waals surface area contributed by atoms with Crippen LogP contribution < -0.4 is 16.3 Å². The molecule has 84 valence electrons. The van der Waals surface area contributed by atoms with Crippen LogP contribution in [0.1, 0.15) is 5.56 Å². The van der Waals surface area contributed by atoms with Crippen molar-refractivity contribution in [1.82, 2.24) is 9.99 Å². The molecule has 0 unspecified atom stereocenters. The van der Waals surface area contributed by atoms with E-state index in [4.69, 9.17) is 21.6 Å². The van der Waals surface area contributed by atoms with Gasteiger partial charge >= 0.3 is 0 Å². The molecule has 1 heterocycles. The first-order chi connectivity index (χ1) is 7.63. The van der Waals surface area contributed by atoms with Crippen molar-refractivity contribution in [3.05, 3.63) is 30.1 Å². The van der Waals surface area contributed by atoms with Gasteiger partial charge in [0.25, 0.3) is 0 Å². The molecule has 0 aliphatic rings. The van der Waals surface area contributed by atoms with Gasteiger partial charge in [-0.25, -0.2) is 10.8 Å². The summed E-state index contributed by atoms with van der Waals surface area (Å²) < 4.78 is 5.32. The molecule has 1 rings (SSSR count). The van der Waals surface area contributed by atoms with Crippen LogP contribution in [0.15, 0.2) is 24.5 Å². The molecule has 1 aromatic rings. The van der Waals surface area contributed by atoms with Crippen molar-refractivity contribution in [3.8, 4) is 11.8 Å². The number of aromatic nitrogens is 1. The van der Waals surface area contributed by atoms with Crippen LogP contribution in [0.3, 0.4) is 0 Å². The van der Waals surface area contributed by atoms with E-state index in [1.165, 1.54) is 11.2 Å². The number of nitrogens with zero attached hydrogens (tertiary/aromatic N) is 3. The zero-order chi connectivity index (χ0) is 12.0. The first kappa shape index (κ1) is 11.8. The van der Waals surface area contributed by atoms with E-state index in [1.807, 2.05) is 6.07 Å². The quantitative estimate of drug-likeness (QED) is 0.555. The fourth-order valence-corrected chi connectivity index (χ4v) is 0.978. The van der Waals surface area contributed by atoms with Crippen LogP contribution in [0.25, 0.3) is 0 Å². The van der Waals surface area contributed by atoms with Gasteiger partial charge < -0.3 is 15.5 Å². The van der Waals surface area contributed by atoms with Gasteiger partial charge in [-0.15, -0.1) is 0 Å². The van der Waals surface area contributed by atoms with Crippen LogP contribution in [0.5, 0.6) is 5.75 Å². The number of hydrogen-bond donors (Lipinski definition) is 2. The molecule has 0 aliphatic heterocycles. The van der Waals surface area contributed by atoms with Gasteiger partial charge in [0.2, 0.25) is 0 Å². The molecule has 0 bridgehead atoms. The summed E-state index contributed by atoms with van der Waals surface area (Å²) in [5.41, 5.74) is 5.77. The van der Waals surface area contributed by atoms with Crippen molar-refractivity contribution < 1.29 is 4.74 Å². The number of rotatable bonds is 4. The van der Waals surface area contributed by atoms with Crippen molar-refractivity contribution in [2.45, 2.75) is 0 Å². The molecule has 0 spiro atoms. The van der Waals surface area contributed by atoms with E-state index < -0.39 is 0 Å². The summed E-state index contributed by atoms with van der Waals surface area (Å²) in [5.74, 6) is 6.05. The van der Waals surface area contributed by atoms with Gasteiger partial charge in [0, 0.05) is 19.3 Å². The third-order valence-electron chi connectivity index (χ3n) is 1.70. The molecular weight excluding hydrogens is 206 g/mol. The number of nitriles is 1. The van der Waals surface area contributed by atoms with Gasteiger partial charge in [-0.2, -0.15) is 5.26 Å². The lowest BCUT2D eigenvalue weighted by Crippen LogP contribution is -2.18. The van der Waals surface area contributed by atoms with Crippen LogP contribution in [0.2, 0.25) is 0 Å². The third kappa shape index (κ3) is 3.48. The summed E-state index contributed by atoms with van der Waals surface area (Å²) in [7, 11) is 1.70. The van der Waals surface area contributed by atoms with E-state index in [0.717, 1.165) is 0 Å². The monoisotopic (exact) mass is 219 g/mol. The van der Waals surface area contributed by atoms with Gasteiger partial charge in [0.1, 0.15) is 24.2 Å². The zero-order valence-corrected chi connectivity index (χ0v) is 8.92. The van der Waals surface area contributed by atoms with Gasteiger partial charge in [-0.05, 0) is 6.08 Å². The summed E-state index contributed by atoms with van der Waals surface area (Å²) in [6.07, 6.45) is 4.87. The number of hydrazine groups is 1. The Morgan fingerprint density at radius 2 is 2.44 bits per heavy atom. The minimum absolute atomic E-state index is 0.201. The predicted octanol–water partition coefficient (Wildman–Crippen LogP) is 0.233. The molecule has 0 amide bonds. The molecule has 0 atom stereocenters. The largest absolute Gasteiger partial charge is 0.488 e.